The minimum atomic E-state index is 0.0195. The van der Waals surface area contributed by atoms with Crippen molar-refractivity contribution in [2.75, 3.05) is 5.32 Å². The lowest BCUT2D eigenvalue weighted by molar-refractivity contribution is -0.117. The van der Waals surface area contributed by atoms with Crippen LogP contribution in [0.15, 0.2) is 18.2 Å². The lowest BCUT2D eigenvalue weighted by atomic mass is 9.96. The molecule has 1 saturated carbocycles. The van der Waals surface area contributed by atoms with Gasteiger partial charge in [0.1, 0.15) is 5.75 Å². The van der Waals surface area contributed by atoms with Crippen LogP contribution in [-0.4, -0.2) is 11.0 Å². The number of aromatic hydroxyl groups is 1. The number of phenolic OH excluding ortho intramolecular Hbond substituents is 1. The molecule has 0 aliphatic heterocycles. The molecule has 0 atom stereocenters. The molecule has 1 aliphatic carbocycles. The van der Waals surface area contributed by atoms with E-state index in [1.807, 2.05) is 13.0 Å². The van der Waals surface area contributed by atoms with E-state index in [1.165, 1.54) is 25.7 Å². The molecule has 1 aliphatic rings. The highest BCUT2D eigenvalue weighted by atomic mass is 16.3. The highest BCUT2D eigenvalue weighted by Crippen LogP contribution is 2.27. The van der Waals surface area contributed by atoms with Gasteiger partial charge < -0.3 is 10.4 Å². The van der Waals surface area contributed by atoms with Crippen LogP contribution in [0, 0.1) is 12.8 Å². The summed E-state index contributed by atoms with van der Waals surface area (Å²) in [5, 5.41) is 12.6. The van der Waals surface area contributed by atoms with E-state index < -0.39 is 0 Å². The first-order valence-corrected chi connectivity index (χ1v) is 7.24. The molecule has 3 nitrogen and oxygen atoms in total. The zero-order chi connectivity index (χ0) is 13.7. The van der Waals surface area contributed by atoms with Crippen molar-refractivity contribution in [3.63, 3.8) is 0 Å². The van der Waals surface area contributed by atoms with Crippen LogP contribution in [0.25, 0.3) is 0 Å². The Kier molecular flexibility index (Phi) is 4.83. The van der Waals surface area contributed by atoms with Crippen molar-refractivity contribution in [2.45, 2.75) is 51.9 Å². The van der Waals surface area contributed by atoms with Crippen LogP contribution in [-0.2, 0) is 4.79 Å². The average Bonchev–Trinajstić information content (AvgIpc) is 2.61. The lowest BCUT2D eigenvalue weighted by Crippen LogP contribution is -2.16. The highest BCUT2D eigenvalue weighted by Gasteiger charge is 2.16. The molecule has 104 valence electrons. The molecule has 0 radical (unpaired) electrons. The molecule has 0 bridgehead atoms. The van der Waals surface area contributed by atoms with Crippen molar-refractivity contribution in [3.05, 3.63) is 23.8 Å². The van der Waals surface area contributed by atoms with Crippen LogP contribution in [0.3, 0.4) is 0 Å². The minimum absolute atomic E-state index is 0.0195. The van der Waals surface area contributed by atoms with Gasteiger partial charge in [-0.05, 0) is 43.4 Å². The molecule has 0 spiro atoms. The van der Waals surface area contributed by atoms with Crippen molar-refractivity contribution in [1.29, 1.82) is 0 Å². The topological polar surface area (TPSA) is 49.3 Å². The van der Waals surface area contributed by atoms with E-state index in [2.05, 4.69) is 5.32 Å². The standard InChI is InChI=1S/C16H23NO2/c1-12-8-9-14(15(18)10-12)17-16(19)11-13-6-4-2-3-5-7-13/h8-10,13,18H,2-7,11H2,1H3,(H,17,19). The summed E-state index contributed by atoms with van der Waals surface area (Å²) < 4.78 is 0. The Morgan fingerprint density at radius 1 is 1.26 bits per heavy atom. The molecule has 1 amide bonds. The Bertz CT molecular complexity index is 434. The predicted molar refractivity (Wildman–Crippen MR) is 77.3 cm³/mol. The van der Waals surface area contributed by atoms with Crippen molar-refractivity contribution in [3.8, 4) is 5.75 Å². The van der Waals surface area contributed by atoms with Crippen LogP contribution in [0.2, 0.25) is 0 Å². The fraction of sp³-hybridized carbons (Fsp3) is 0.562. The number of carbonyl (C=O) groups is 1. The Hall–Kier alpha value is -1.51. The number of carbonyl (C=O) groups excluding carboxylic acids is 1. The molecule has 19 heavy (non-hydrogen) atoms. The molecule has 2 rings (SSSR count). The Morgan fingerprint density at radius 3 is 2.58 bits per heavy atom. The number of anilines is 1. The van der Waals surface area contributed by atoms with Gasteiger partial charge >= 0.3 is 0 Å². The maximum absolute atomic E-state index is 12.0. The van der Waals surface area contributed by atoms with Crippen LogP contribution in [0.1, 0.15) is 50.5 Å². The van der Waals surface area contributed by atoms with Crippen LogP contribution >= 0.6 is 0 Å². The summed E-state index contributed by atoms with van der Waals surface area (Å²) >= 11 is 0. The van der Waals surface area contributed by atoms with E-state index in [4.69, 9.17) is 0 Å². The number of nitrogens with one attached hydrogen (secondary N) is 1. The summed E-state index contributed by atoms with van der Waals surface area (Å²) in [7, 11) is 0. The maximum atomic E-state index is 12.0. The molecule has 0 heterocycles. The third-order valence-corrected chi connectivity index (χ3v) is 3.88. The first-order chi connectivity index (χ1) is 9.15. The molecule has 0 unspecified atom stereocenters. The maximum Gasteiger partial charge on any atom is 0.224 e. The van der Waals surface area contributed by atoms with E-state index in [1.54, 1.807) is 12.1 Å². The Labute approximate surface area is 115 Å². The molecular formula is C16H23NO2. The van der Waals surface area contributed by atoms with E-state index >= 15 is 0 Å². The molecule has 3 heteroatoms. The zero-order valence-corrected chi connectivity index (χ0v) is 11.6. The van der Waals surface area contributed by atoms with Gasteiger partial charge in [0.25, 0.3) is 0 Å². The van der Waals surface area contributed by atoms with Gasteiger partial charge in [-0.2, -0.15) is 0 Å². The van der Waals surface area contributed by atoms with Crippen LogP contribution < -0.4 is 5.32 Å². The molecule has 0 aromatic heterocycles. The number of phenols is 1. The lowest BCUT2D eigenvalue weighted by Gasteiger charge is -2.14. The summed E-state index contributed by atoms with van der Waals surface area (Å²) in [6, 6.07) is 5.32. The van der Waals surface area contributed by atoms with Gasteiger partial charge in [-0.15, -0.1) is 0 Å². The Morgan fingerprint density at radius 2 is 1.95 bits per heavy atom. The van der Waals surface area contributed by atoms with E-state index in [0.29, 0.717) is 18.0 Å². The summed E-state index contributed by atoms with van der Waals surface area (Å²) in [6.07, 6.45) is 7.99. The number of benzene rings is 1. The third-order valence-electron chi connectivity index (χ3n) is 3.88. The number of rotatable bonds is 3. The fourth-order valence-electron chi connectivity index (χ4n) is 2.78. The summed E-state index contributed by atoms with van der Waals surface area (Å²) in [6.45, 7) is 1.91. The molecule has 2 N–H and O–H groups in total. The van der Waals surface area contributed by atoms with E-state index in [9.17, 15) is 9.90 Å². The second kappa shape index (κ2) is 6.60. The van der Waals surface area contributed by atoms with Crippen molar-refractivity contribution < 1.29 is 9.90 Å². The SMILES string of the molecule is Cc1ccc(NC(=O)CC2CCCCCC2)c(O)c1. The molecule has 0 saturated heterocycles. The number of hydrogen-bond donors (Lipinski definition) is 2. The summed E-state index contributed by atoms with van der Waals surface area (Å²) in [4.78, 5) is 12.0. The second-order valence-electron chi connectivity index (χ2n) is 5.63. The third kappa shape index (κ3) is 4.27. The quantitative estimate of drug-likeness (QED) is 0.638. The number of hydrogen-bond acceptors (Lipinski definition) is 2. The second-order valence-corrected chi connectivity index (χ2v) is 5.63. The number of amides is 1. The largest absolute Gasteiger partial charge is 0.506 e. The van der Waals surface area contributed by atoms with Gasteiger partial charge in [0, 0.05) is 6.42 Å². The first-order valence-electron chi connectivity index (χ1n) is 7.24. The van der Waals surface area contributed by atoms with Crippen molar-refractivity contribution >= 4 is 11.6 Å². The van der Waals surface area contributed by atoms with Gasteiger partial charge in [0.15, 0.2) is 0 Å². The molecular weight excluding hydrogens is 238 g/mol. The summed E-state index contributed by atoms with van der Waals surface area (Å²) in [5.41, 5.74) is 1.50. The molecule has 1 fully saturated rings. The summed E-state index contributed by atoms with van der Waals surface area (Å²) in [5.74, 6) is 0.676. The van der Waals surface area contributed by atoms with Gasteiger partial charge in [0.05, 0.1) is 5.69 Å². The van der Waals surface area contributed by atoms with Crippen LogP contribution in [0.5, 0.6) is 5.75 Å². The average molecular weight is 261 g/mol. The fourth-order valence-corrected chi connectivity index (χ4v) is 2.78. The predicted octanol–water partition coefficient (Wildman–Crippen LogP) is 4.00. The normalized spacial score (nSPS) is 16.9. The monoisotopic (exact) mass is 261 g/mol. The van der Waals surface area contributed by atoms with E-state index in [-0.39, 0.29) is 11.7 Å². The minimum Gasteiger partial charge on any atom is -0.506 e. The smallest absolute Gasteiger partial charge is 0.224 e. The Balaban J connectivity index is 1.89. The van der Waals surface area contributed by atoms with Gasteiger partial charge in [-0.1, -0.05) is 31.7 Å². The molecule has 1 aromatic rings. The number of aryl methyl sites for hydroxylation is 1. The van der Waals surface area contributed by atoms with Gasteiger partial charge in [0.2, 0.25) is 5.91 Å². The van der Waals surface area contributed by atoms with Gasteiger partial charge in [-0.25, -0.2) is 0 Å². The van der Waals surface area contributed by atoms with Crippen LogP contribution in [0.4, 0.5) is 5.69 Å². The highest BCUT2D eigenvalue weighted by molar-refractivity contribution is 5.92. The molecule has 1 aromatic carbocycles. The van der Waals surface area contributed by atoms with Gasteiger partial charge in [-0.3, -0.25) is 4.79 Å². The van der Waals surface area contributed by atoms with Crippen molar-refractivity contribution in [2.24, 2.45) is 5.92 Å². The van der Waals surface area contributed by atoms with E-state index in [0.717, 1.165) is 18.4 Å². The first kappa shape index (κ1) is 13.9. The zero-order valence-electron chi connectivity index (χ0n) is 11.6. The van der Waals surface area contributed by atoms with Crippen molar-refractivity contribution in [1.82, 2.24) is 0 Å².